The summed E-state index contributed by atoms with van der Waals surface area (Å²) in [5, 5.41) is 0. The van der Waals surface area contributed by atoms with E-state index in [1.807, 2.05) is 12.1 Å². The number of rotatable bonds is 5. The second-order valence-electron chi connectivity index (χ2n) is 4.13. The highest BCUT2D eigenvalue weighted by molar-refractivity contribution is 7.79. The van der Waals surface area contributed by atoms with E-state index >= 15 is 0 Å². The fraction of sp³-hybridized carbons (Fsp3) is 0.500. The van der Waals surface area contributed by atoms with Gasteiger partial charge in [0.2, 0.25) is 0 Å². The Balaban J connectivity index is 2.63. The Morgan fingerprint density at radius 2 is 2.00 bits per heavy atom. The molecule has 1 rings (SSSR count). The lowest BCUT2D eigenvalue weighted by Gasteiger charge is -2.12. The minimum atomic E-state index is -2.10. The molecule has 0 aromatic heterocycles. The van der Waals surface area contributed by atoms with Gasteiger partial charge in [0.25, 0.3) is 0 Å². The zero-order valence-corrected chi connectivity index (χ0v) is 10.0. The van der Waals surface area contributed by atoms with Gasteiger partial charge in [-0.25, -0.2) is 0 Å². The minimum absolute atomic E-state index is 0.446. The van der Waals surface area contributed by atoms with Crippen molar-refractivity contribution in [1.29, 1.82) is 0 Å². The molecule has 3 heteroatoms. The van der Waals surface area contributed by atoms with Gasteiger partial charge in [-0.3, -0.25) is 4.21 Å². The quantitative estimate of drug-likeness (QED) is 0.723. The maximum absolute atomic E-state index is 10.9. The third-order valence-electron chi connectivity index (χ3n) is 2.38. The molecule has 84 valence electrons. The first-order valence-electron chi connectivity index (χ1n) is 5.28. The average Bonchev–Trinajstić information content (AvgIpc) is 2.17. The molecular weight excluding hydrogens is 208 g/mol. The molecule has 1 aromatic rings. The van der Waals surface area contributed by atoms with Gasteiger partial charge in [0, 0.05) is 4.90 Å². The van der Waals surface area contributed by atoms with E-state index in [0.717, 1.165) is 24.8 Å². The Bertz CT molecular complexity index is 334. The Hall–Kier alpha value is -0.670. The Morgan fingerprint density at radius 3 is 2.60 bits per heavy atom. The van der Waals surface area contributed by atoms with Gasteiger partial charge in [-0.2, -0.15) is 0 Å². The Kier molecular flexibility index (Phi) is 4.99. The van der Waals surface area contributed by atoms with E-state index < -0.39 is 11.1 Å². The summed E-state index contributed by atoms with van der Waals surface area (Å²) in [5.74, 6) is 0.676. The van der Waals surface area contributed by atoms with E-state index in [-0.39, 0.29) is 0 Å². The predicted octanol–water partition coefficient (Wildman–Crippen LogP) is 2.90. The van der Waals surface area contributed by atoms with E-state index in [1.54, 1.807) is 12.1 Å². The van der Waals surface area contributed by atoms with Gasteiger partial charge in [-0.15, -0.1) is 0 Å². The number of aryl methyl sites for hydroxylation is 1. The van der Waals surface area contributed by atoms with Crippen LogP contribution in [-0.4, -0.2) is 8.76 Å². The monoisotopic (exact) mass is 225 g/mol. The summed E-state index contributed by atoms with van der Waals surface area (Å²) >= 11 is -2.10. The highest BCUT2D eigenvalue weighted by Gasteiger charge is 2.02. The number of hydrogen-bond donors (Lipinski definition) is 0. The molecule has 0 aliphatic rings. The molecule has 0 fully saturated rings. The smallest absolute Gasteiger partial charge is 0.0280 e. The summed E-state index contributed by atoms with van der Waals surface area (Å²) in [4.78, 5) is 0.446. The summed E-state index contributed by atoms with van der Waals surface area (Å²) in [7, 11) is 0. The second kappa shape index (κ2) is 6.03. The summed E-state index contributed by atoms with van der Waals surface area (Å²) in [5.41, 5.74) is 0.937. The second-order valence-corrected chi connectivity index (χ2v) is 5.04. The largest absolute Gasteiger partial charge is 0.768 e. The molecule has 0 amide bonds. The van der Waals surface area contributed by atoms with Gasteiger partial charge in [0.15, 0.2) is 0 Å². The van der Waals surface area contributed by atoms with Crippen LogP contribution in [0.5, 0.6) is 0 Å². The molecule has 1 unspecified atom stereocenters. The highest BCUT2D eigenvalue weighted by Crippen LogP contribution is 2.16. The van der Waals surface area contributed by atoms with E-state index in [9.17, 15) is 8.76 Å². The van der Waals surface area contributed by atoms with Gasteiger partial charge >= 0.3 is 0 Å². The first-order chi connectivity index (χ1) is 7.11. The van der Waals surface area contributed by atoms with E-state index in [2.05, 4.69) is 13.8 Å². The predicted molar refractivity (Wildman–Crippen MR) is 61.4 cm³/mol. The Labute approximate surface area is 94.0 Å². The van der Waals surface area contributed by atoms with Crippen LogP contribution in [0.25, 0.3) is 0 Å². The van der Waals surface area contributed by atoms with Crippen molar-refractivity contribution in [3.05, 3.63) is 29.8 Å². The van der Waals surface area contributed by atoms with Gasteiger partial charge in [0.05, 0.1) is 0 Å². The standard InChI is InChI=1S/C12H18O2S/c1-10(2)6-5-8-11-7-3-4-9-12(11)15(13)14/h3-4,7,9-10H,5-6,8H2,1-2H3,(H,13,14)/p-1. The summed E-state index contributed by atoms with van der Waals surface area (Å²) in [6, 6.07) is 7.21. The molecule has 0 aliphatic heterocycles. The summed E-state index contributed by atoms with van der Waals surface area (Å²) < 4.78 is 21.8. The van der Waals surface area contributed by atoms with Crippen molar-refractivity contribution in [3.63, 3.8) is 0 Å². The van der Waals surface area contributed by atoms with Gasteiger partial charge in [-0.1, -0.05) is 38.5 Å². The van der Waals surface area contributed by atoms with Crippen LogP contribution in [0.1, 0.15) is 32.3 Å². The van der Waals surface area contributed by atoms with Crippen LogP contribution < -0.4 is 0 Å². The van der Waals surface area contributed by atoms with Crippen LogP contribution >= 0.6 is 0 Å². The summed E-state index contributed by atoms with van der Waals surface area (Å²) in [6.45, 7) is 4.36. The zero-order valence-electron chi connectivity index (χ0n) is 9.23. The van der Waals surface area contributed by atoms with E-state index in [4.69, 9.17) is 0 Å². The van der Waals surface area contributed by atoms with Gasteiger partial charge < -0.3 is 4.55 Å². The molecule has 1 aromatic carbocycles. The molecule has 1 atom stereocenters. The maximum Gasteiger partial charge on any atom is 0.0280 e. The minimum Gasteiger partial charge on any atom is -0.768 e. The van der Waals surface area contributed by atoms with Crippen LogP contribution in [0.3, 0.4) is 0 Å². The lowest BCUT2D eigenvalue weighted by molar-refractivity contribution is 0.533. The van der Waals surface area contributed by atoms with E-state index in [1.165, 1.54) is 0 Å². The van der Waals surface area contributed by atoms with Crippen LogP contribution in [0, 0.1) is 5.92 Å². The highest BCUT2D eigenvalue weighted by atomic mass is 32.2. The molecule has 0 saturated heterocycles. The first-order valence-corrected chi connectivity index (χ1v) is 6.36. The van der Waals surface area contributed by atoms with Crippen molar-refractivity contribution in [2.24, 2.45) is 5.92 Å². The normalized spacial score (nSPS) is 13.1. The van der Waals surface area contributed by atoms with Crippen LogP contribution in [-0.2, 0) is 17.5 Å². The van der Waals surface area contributed by atoms with Crippen molar-refractivity contribution >= 4 is 11.1 Å². The third-order valence-corrected chi connectivity index (χ3v) is 3.14. The Morgan fingerprint density at radius 1 is 1.33 bits per heavy atom. The van der Waals surface area contributed by atoms with Crippen LogP contribution in [0.2, 0.25) is 0 Å². The average molecular weight is 225 g/mol. The molecule has 0 saturated carbocycles. The SMILES string of the molecule is CC(C)CCCc1ccccc1S(=O)[O-]. The van der Waals surface area contributed by atoms with Gasteiger partial charge in [-0.05, 0) is 41.5 Å². The summed E-state index contributed by atoms with van der Waals surface area (Å²) in [6.07, 6.45) is 3.04. The zero-order chi connectivity index (χ0) is 11.3. The lowest BCUT2D eigenvalue weighted by Crippen LogP contribution is -1.98. The first kappa shape index (κ1) is 12.4. The maximum atomic E-state index is 10.9. The fourth-order valence-corrected chi connectivity index (χ4v) is 2.15. The third kappa shape index (κ3) is 4.14. The molecule has 0 heterocycles. The fourth-order valence-electron chi connectivity index (χ4n) is 1.57. The van der Waals surface area contributed by atoms with Crippen LogP contribution in [0.15, 0.2) is 29.2 Å². The van der Waals surface area contributed by atoms with Crippen molar-refractivity contribution < 1.29 is 8.76 Å². The molecule has 0 radical (unpaired) electrons. The molecule has 0 bridgehead atoms. The molecule has 15 heavy (non-hydrogen) atoms. The van der Waals surface area contributed by atoms with Crippen molar-refractivity contribution in [2.75, 3.05) is 0 Å². The van der Waals surface area contributed by atoms with E-state index in [0.29, 0.717) is 10.8 Å². The van der Waals surface area contributed by atoms with Crippen molar-refractivity contribution in [2.45, 2.75) is 38.0 Å². The molecule has 2 nitrogen and oxygen atoms in total. The topological polar surface area (TPSA) is 40.1 Å². The van der Waals surface area contributed by atoms with Gasteiger partial charge in [0.1, 0.15) is 0 Å². The van der Waals surface area contributed by atoms with Crippen molar-refractivity contribution in [1.82, 2.24) is 0 Å². The van der Waals surface area contributed by atoms with Crippen LogP contribution in [0.4, 0.5) is 0 Å². The number of hydrogen-bond acceptors (Lipinski definition) is 2. The molecule has 0 spiro atoms. The molecule has 0 N–H and O–H groups in total. The lowest BCUT2D eigenvalue weighted by atomic mass is 10.0. The molecule has 0 aliphatic carbocycles. The molecular formula is C12H17O2S-. The number of benzene rings is 1. The van der Waals surface area contributed by atoms with Crippen molar-refractivity contribution in [3.8, 4) is 0 Å².